The first-order valence-electron chi connectivity index (χ1n) is 7.72. The summed E-state index contributed by atoms with van der Waals surface area (Å²) in [6.45, 7) is 6.79. The van der Waals surface area contributed by atoms with Gasteiger partial charge in [-0.2, -0.15) is 0 Å². The highest BCUT2D eigenvalue weighted by Gasteiger charge is 2.11. The molecule has 1 aromatic carbocycles. The third kappa shape index (κ3) is 5.09. The maximum atomic E-state index is 11.4. The van der Waals surface area contributed by atoms with Crippen LogP contribution in [0.1, 0.15) is 37.8 Å². The smallest absolute Gasteiger partial charge is 0.175 e. The molecular weight excluding hydrogens is 284 g/mol. The van der Waals surface area contributed by atoms with Gasteiger partial charge in [-0.25, -0.2) is 8.42 Å². The van der Waals surface area contributed by atoms with Gasteiger partial charge in [0.15, 0.2) is 9.84 Å². The van der Waals surface area contributed by atoms with Crippen LogP contribution in [0.15, 0.2) is 29.2 Å². The van der Waals surface area contributed by atoms with Crippen LogP contribution in [0.25, 0.3) is 0 Å². The molecule has 1 saturated heterocycles. The van der Waals surface area contributed by atoms with Gasteiger partial charge in [0, 0.05) is 12.3 Å². The van der Waals surface area contributed by atoms with Crippen LogP contribution in [-0.2, 0) is 9.84 Å². The summed E-state index contributed by atoms with van der Waals surface area (Å²) in [5, 5.41) is 3.50. The second kappa shape index (κ2) is 7.38. The average molecular weight is 310 g/mol. The predicted molar refractivity (Wildman–Crippen MR) is 86.3 cm³/mol. The van der Waals surface area contributed by atoms with E-state index in [1.807, 2.05) is 12.1 Å². The van der Waals surface area contributed by atoms with Gasteiger partial charge in [0.05, 0.1) is 4.90 Å². The summed E-state index contributed by atoms with van der Waals surface area (Å²) >= 11 is 0. The largest absolute Gasteiger partial charge is 0.310 e. The van der Waals surface area contributed by atoms with Crippen molar-refractivity contribution in [2.24, 2.45) is 0 Å². The molecule has 1 atom stereocenters. The van der Waals surface area contributed by atoms with Crippen molar-refractivity contribution in [3.8, 4) is 0 Å². The van der Waals surface area contributed by atoms with E-state index in [1.54, 1.807) is 12.1 Å². The first-order valence-corrected chi connectivity index (χ1v) is 9.62. The molecule has 1 heterocycles. The minimum atomic E-state index is -3.10. The zero-order chi connectivity index (χ0) is 15.3. The standard InChI is InChI=1S/C16H26N2O2S/c1-14(17-10-5-13-18-11-3-4-12-18)15-6-8-16(9-7-15)21(2,19)20/h6-9,14,17H,3-5,10-13H2,1-2H3/t14-/m0/s1. The Hall–Kier alpha value is -0.910. The first-order chi connectivity index (χ1) is 9.97. The van der Waals surface area contributed by atoms with E-state index >= 15 is 0 Å². The Morgan fingerprint density at radius 2 is 1.81 bits per heavy atom. The fourth-order valence-corrected chi connectivity index (χ4v) is 3.38. The van der Waals surface area contributed by atoms with Crippen molar-refractivity contribution >= 4 is 9.84 Å². The van der Waals surface area contributed by atoms with Crippen molar-refractivity contribution in [1.82, 2.24) is 10.2 Å². The van der Waals surface area contributed by atoms with Gasteiger partial charge in [0.1, 0.15) is 0 Å². The molecule has 1 aliphatic heterocycles. The molecule has 1 aromatic rings. The molecule has 1 fully saturated rings. The van der Waals surface area contributed by atoms with Crippen LogP contribution in [0, 0.1) is 0 Å². The van der Waals surface area contributed by atoms with E-state index in [4.69, 9.17) is 0 Å². The molecule has 1 aliphatic rings. The summed E-state index contributed by atoms with van der Waals surface area (Å²) in [4.78, 5) is 2.90. The predicted octanol–water partition coefficient (Wildman–Crippen LogP) is 2.23. The molecule has 0 aromatic heterocycles. The van der Waals surface area contributed by atoms with Gasteiger partial charge < -0.3 is 10.2 Å². The number of nitrogens with zero attached hydrogens (tertiary/aromatic N) is 1. The number of rotatable bonds is 7. The van der Waals surface area contributed by atoms with Crippen molar-refractivity contribution in [3.05, 3.63) is 29.8 Å². The highest BCUT2D eigenvalue weighted by atomic mass is 32.2. The minimum Gasteiger partial charge on any atom is -0.310 e. The Morgan fingerprint density at radius 3 is 2.38 bits per heavy atom. The van der Waals surface area contributed by atoms with Crippen molar-refractivity contribution < 1.29 is 8.42 Å². The number of sulfone groups is 1. The van der Waals surface area contributed by atoms with Crippen LogP contribution in [-0.4, -0.2) is 45.8 Å². The molecule has 21 heavy (non-hydrogen) atoms. The molecule has 0 radical (unpaired) electrons. The number of benzene rings is 1. The third-order valence-corrected chi connectivity index (χ3v) is 5.24. The lowest BCUT2D eigenvalue weighted by molar-refractivity contribution is 0.328. The van der Waals surface area contributed by atoms with Gasteiger partial charge in [-0.05, 0) is 70.1 Å². The molecule has 0 unspecified atom stereocenters. The molecule has 1 N–H and O–H groups in total. The Balaban J connectivity index is 1.76. The minimum absolute atomic E-state index is 0.247. The maximum absolute atomic E-state index is 11.4. The highest BCUT2D eigenvalue weighted by Crippen LogP contribution is 2.16. The first kappa shape index (κ1) is 16.5. The molecule has 0 saturated carbocycles. The van der Waals surface area contributed by atoms with Crippen molar-refractivity contribution in [3.63, 3.8) is 0 Å². The average Bonchev–Trinajstić information content (AvgIpc) is 2.96. The number of nitrogens with one attached hydrogen (secondary N) is 1. The molecule has 5 heteroatoms. The van der Waals surface area contributed by atoms with E-state index in [0.29, 0.717) is 4.90 Å². The highest BCUT2D eigenvalue weighted by molar-refractivity contribution is 7.90. The Morgan fingerprint density at radius 1 is 1.19 bits per heavy atom. The Bertz CT molecular complexity index is 534. The topological polar surface area (TPSA) is 49.4 Å². The summed E-state index contributed by atoms with van der Waals surface area (Å²) in [6, 6.07) is 7.42. The fourth-order valence-electron chi connectivity index (χ4n) is 2.75. The normalized spacial score (nSPS) is 18.0. The van der Waals surface area contributed by atoms with Crippen molar-refractivity contribution in [2.75, 3.05) is 32.4 Å². The van der Waals surface area contributed by atoms with E-state index in [9.17, 15) is 8.42 Å². The lowest BCUT2D eigenvalue weighted by Gasteiger charge is -2.17. The molecule has 0 amide bonds. The lowest BCUT2D eigenvalue weighted by Crippen LogP contribution is -2.26. The second-order valence-corrected chi connectivity index (χ2v) is 7.94. The van der Waals surface area contributed by atoms with Gasteiger partial charge in [-0.15, -0.1) is 0 Å². The third-order valence-electron chi connectivity index (χ3n) is 4.11. The van der Waals surface area contributed by atoms with Gasteiger partial charge in [0.2, 0.25) is 0 Å². The van der Waals surface area contributed by atoms with E-state index < -0.39 is 9.84 Å². The van der Waals surface area contributed by atoms with Crippen LogP contribution < -0.4 is 5.32 Å². The van der Waals surface area contributed by atoms with Gasteiger partial charge in [-0.1, -0.05) is 12.1 Å². The summed E-state index contributed by atoms with van der Waals surface area (Å²) in [5.41, 5.74) is 1.13. The molecule has 118 valence electrons. The molecule has 0 bridgehead atoms. The SMILES string of the molecule is C[C@H](NCCCN1CCCC1)c1ccc(S(C)(=O)=O)cc1. The van der Waals surface area contributed by atoms with Gasteiger partial charge in [0.25, 0.3) is 0 Å². The molecule has 0 aliphatic carbocycles. The Kier molecular flexibility index (Phi) is 5.79. The lowest BCUT2D eigenvalue weighted by atomic mass is 10.1. The van der Waals surface area contributed by atoms with Gasteiger partial charge >= 0.3 is 0 Å². The summed E-state index contributed by atoms with van der Waals surface area (Å²) in [6.07, 6.45) is 5.08. The molecular formula is C16H26N2O2S. The van der Waals surface area contributed by atoms with Crippen molar-refractivity contribution in [1.29, 1.82) is 0 Å². The molecule has 0 spiro atoms. The van der Waals surface area contributed by atoms with E-state index in [0.717, 1.165) is 18.5 Å². The van der Waals surface area contributed by atoms with Crippen LogP contribution in [0.3, 0.4) is 0 Å². The zero-order valence-corrected chi connectivity index (χ0v) is 13.8. The van der Waals surface area contributed by atoms with Crippen LogP contribution in [0.5, 0.6) is 0 Å². The number of likely N-dealkylation sites (tertiary alicyclic amines) is 1. The van der Waals surface area contributed by atoms with Crippen LogP contribution >= 0.6 is 0 Å². The molecule has 4 nitrogen and oxygen atoms in total. The monoisotopic (exact) mass is 310 g/mol. The second-order valence-electron chi connectivity index (χ2n) is 5.92. The van der Waals surface area contributed by atoms with Crippen LogP contribution in [0.4, 0.5) is 0 Å². The Labute approximate surface area is 128 Å². The van der Waals surface area contributed by atoms with Crippen LogP contribution in [0.2, 0.25) is 0 Å². The maximum Gasteiger partial charge on any atom is 0.175 e. The van der Waals surface area contributed by atoms with Crippen molar-refractivity contribution in [2.45, 2.75) is 37.1 Å². The number of hydrogen-bond donors (Lipinski definition) is 1. The summed E-state index contributed by atoms with van der Waals surface area (Å²) < 4.78 is 22.9. The van der Waals surface area contributed by atoms with E-state index in [-0.39, 0.29) is 6.04 Å². The van der Waals surface area contributed by atoms with E-state index in [1.165, 1.54) is 38.7 Å². The number of hydrogen-bond acceptors (Lipinski definition) is 4. The zero-order valence-electron chi connectivity index (χ0n) is 13.0. The molecule has 2 rings (SSSR count). The fraction of sp³-hybridized carbons (Fsp3) is 0.625. The summed E-state index contributed by atoms with van der Waals surface area (Å²) in [5.74, 6) is 0. The van der Waals surface area contributed by atoms with E-state index in [2.05, 4.69) is 17.1 Å². The van der Waals surface area contributed by atoms with Gasteiger partial charge in [-0.3, -0.25) is 0 Å². The summed E-state index contributed by atoms with van der Waals surface area (Å²) in [7, 11) is -3.10. The quantitative estimate of drug-likeness (QED) is 0.785.